The first-order valence-electron chi connectivity index (χ1n) is 9.47. The van der Waals surface area contributed by atoms with Crippen LogP contribution in [0.25, 0.3) is 5.65 Å². The largest absolute Gasteiger partial charge is 0.354 e. The average molecular weight is 382 g/mol. The number of carbonyl (C=O) groups excluding carboxylic acids is 1. The molecule has 0 aliphatic heterocycles. The van der Waals surface area contributed by atoms with Crippen LogP contribution < -0.4 is 16.3 Å². The van der Waals surface area contributed by atoms with E-state index >= 15 is 0 Å². The van der Waals surface area contributed by atoms with E-state index in [1.54, 1.807) is 6.07 Å². The number of benzene rings is 1. The van der Waals surface area contributed by atoms with E-state index in [4.69, 9.17) is 0 Å². The normalized spacial score (nSPS) is 11.0. The second-order valence-corrected chi connectivity index (χ2v) is 6.98. The number of aryl methyl sites for hydroxylation is 3. The lowest BCUT2D eigenvalue weighted by molar-refractivity contribution is -0.121. The molecule has 0 unspecified atom stereocenters. The summed E-state index contributed by atoms with van der Waals surface area (Å²) in [6, 6.07) is 7.67. The number of anilines is 2. The van der Waals surface area contributed by atoms with Crippen molar-refractivity contribution in [2.45, 2.75) is 47.1 Å². The minimum atomic E-state index is -0.403. The molecule has 0 radical (unpaired) electrons. The lowest BCUT2D eigenvalue weighted by atomic mass is 10.1. The van der Waals surface area contributed by atoms with Crippen molar-refractivity contribution in [2.24, 2.45) is 0 Å². The van der Waals surface area contributed by atoms with Gasteiger partial charge in [0.2, 0.25) is 11.9 Å². The van der Waals surface area contributed by atoms with Crippen LogP contribution in [0.5, 0.6) is 0 Å². The number of nitrogens with zero attached hydrogens (tertiary/aromatic N) is 4. The third-order valence-electron chi connectivity index (χ3n) is 4.61. The molecule has 1 aromatic carbocycles. The summed E-state index contributed by atoms with van der Waals surface area (Å²) < 4.78 is 2.56. The van der Waals surface area contributed by atoms with Crippen LogP contribution in [-0.4, -0.2) is 31.6 Å². The number of fused-ring (bicyclic) bond motifs is 1. The number of amides is 1. The van der Waals surface area contributed by atoms with Gasteiger partial charge in [-0.3, -0.25) is 4.79 Å². The number of hydrogen-bond acceptors (Lipinski definition) is 5. The second-order valence-electron chi connectivity index (χ2n) is 6.98. The van der Waals surface area contributed by atoms with Crippen molar-refractivity contribution in [2.75, 3.05) is 11.9 Å². The Morgan fingerprint density at radius 2 is 1.93 bits per heavy atom. The highest BCUT2D eigenvalue weighted by Gasteiger charge is 2.15. The van der Waals surface area contributed by atoms with Crippen molar-refractivity contribution in [1.29, 1.82) is 0 Å². The molecule has 0 aliphatic rings. The number of rotatable bonds is 7. The Kier molecular flexibility index (Phi) is 5.77. The third kappa shape index (κ3) is 4.21. The van der Waals surface area contributed by atoms with Crippen molar-refractivity contribution in [1.82, 2.24) is 24.5 Å². The Morgan fingerprint density at radius 1 is 1.14 bits per heavy atom. The zero-order valence-electron chi connectivity index (χ0n) is 16.7. The van der Waals surface area contributed by atoms with Crippen LogP contribution >= 0.6 is 0 Å². The van der Waals surface area contributed by atoms with E-state index in [1.165, 1.54) is 14.6 Å². The van der Waals surface area contributed by atoms with Crippen molar-refractivity contribution >= 4 is 23.2 Å². The smallest absolute Gasteiger partial charge is 0.353 e. The predicted molar refractivity (Wildman–Crippen MR) is 109 cm³/mol. The van der Waals surface area contributed by atoms with Crippen LogP contribution in [0.3, 0.4) is 0 Å². The SMILES string of the molecule is CCCCNC(=O)Cn1nc2cc(C)nc(Nc3ccc(C)c(C)c3)n2c1=O. The van der Waals surface area contributed by atoms with Crippen LogP contribution in [0.4, 0.5) is 11.6 Å². The molecule has 28 heavy (non-hydrogen) atoms. The number of carbonyl (C=O) groups is 1. The molecule has 0 aliphatic carbocycles. The van der Waals surface area contributed by atoms with Gasteiger partial charge in [0.1, 0.15) is 6.54 Å². The first kappa shape index (κ1) is 19.6. The molecule has 0 atom stereocenters. The second kappa shape index (κ2) is 8.24. The Labute approximate surface area is 163 Å². The van der Waals surface area contributed by atoms with E-state index in [9.17, 15) is 9.59 Å². The molecule has 2 heterocycles. The van der Waals surface area contributed by atoms with Gasteiger partial charge < -0.3 is 10.6 Å². The molecular formula is C20H26N6O2. The first-order valence-corrected chi connectivity index (χ1v) is 9.47. The number of unbranched alkanes of at least 4 members (excludes halogenated alkanes) is 1. The standard InChI is InChI=1S/C20H26N6O2/c1-5-6-9-21-18(27)12-25-20(28)26-17(24-25)11-15(4)22-19(26)23-16-8-7-13(2)14(3)10-16/h7-8,10-11H,5-6,9,12H2,1-4H3,(H,21,27)(H,22,23). The minimum absolute atomic E-state index is 0.119. The predicted octanol–water partition coefficient (Wildman–Crippen LogP) is 2.48. The minimum Gasteiger partial charge on any atom is -0.354 e. The molecule has 0 spiro atoms. The Balaban J connectivity index is 1.93. The highest BCUT2D eigenvalue weighted by Crippen LogP contribution is 2.19. The molecule has 0 saturated carbocycles. The quantitative estimate of drug-likeness (QED) is 0.613. The van der Waals surface area contributed by atoms with Crippen LogP contribution in [-0.2, 0) is 11.3 Å². The Hall–Kier alpha value is -3.16. The summed E-state index contributed by atoms with van der Waals surface area (Å²) in [6.45, 7) is 8.44. The zero-order valence-corrected chi connectivity index (χ0v) is 16.7. The van der Waals surface area contributed by atoms with Crippen molar-refractivity contribution < 1.29 is 4.79 Å². The summed E-state index contributed by atoms with van der Waals surface area (Å²) in [5.74, 6) is 0.146. The Morgan fingerprint density at radius 3 is 2.64 bits per heavy atom. The summed E-state index contributed by atoms with van der Waals surface area (Å²) >= 11 is 0. The van der Waals surface area contributed by atoms with Gasteiger partial charge >= 0.3 is 5.69 Å². The van der Waals surface area contributed by atoms with E-state index in [1.807, 2.05) is 39.0 Å². The lowest BCUT2D eigenvalue weighted by Gasteiger charge is -2.09. The molecule has 0 fully saturated rings. The highest BCUT2D eigenvalue weighted by molar-refractivity contribution is 5.75. The first-order chi connectivity index (χ1) is 13.4. The van der Waals surface area contributed by atoms with Gasteiger partial charge in [0.25, 0.3) is 0 Å². The molecule has 0 saturated heterocycles. The number of hydrogen-bond donors (Lipinski definition) is 2. The van der Waals surface area contributed by atoms with Crippen LogP contribution in [0.1, 0.15) is 36.6 Å². The maximum Gasteiger partial charge on any atom is 0.353 e. The highest BCUT2D eigenvalue weighted by atomic mass is 16.2. The van der Waals surface area contributed by atoms with Gasteiger partial charge in [0.05, 0.1) is 0 Å². The van der Waals surface area contributed by atoms with Gasteiger partial charge in [-0.25, -0.2) is 18.9 Å². The summed E-state index contributed by atoms with van der Waals surface area (Å²) in [5, 5.41) is 10.3. The molecule has 0 bridgehead atoms. The summed E-state index contributed by atoms with van der Waals surface area (Å²) in [4.78, 5) is 29.4. The fraction of sp³-hybridized carbons (Fsp3) is 0.400. The van der Waals surface area contributed by atoms with Crippen LogP contribution in [0.15, 0.2) is 29.1 Å². The van der Waals surface area contributed by atoms with Crippen molar-refractivity contribution in [3.05, 3.63) is 51.6 Å². The number of aromatic nitrogens is 4. The monoisotopic (exact) mass is 382 g/mol. The van der Waals surface area contributed by atoms with E-state index in [0.29, 0.717) is 18.1 Å². The van der Waals surface area contributed by atoms with Crippen LogP contribution in [0.2, 0.25) is 0 Å². The van der Waals surface area contributed by atoms with E-state index < -0.39 is 5.69 Å². The molecule has 2 aromatic heterocycles. The summed E-state index contributed by atoms with van der Waals surface area (Å²) in [5.41, 5.74) is 3.93. The Bertz CT molecular complexity index is 1070. The van der Waals surface area contributed by atoms with Crippen molar-refractivity contribution in [3.63, 3.8) is 0 Å². The average Bonchev–Trinajstić information content (AvgIpc) is 2.94. The molecule has 3 aromatic rings. The van der Waals surface area contributed by atoms with Crippen LogP contribution in [0, 0.1) is 20.8 Å². The lowest BCUT2D eigenvalue weighted by Crippen LogP contribution is -2.33. The molecular weight excluding hydrogens is 356 g/mol. The summed E-state index contributed by atoms with van der Waals surface area (Å²) in [6.07, 6.45) is 1.89. The molecule has 8 heteroatoms. The summed E-state index contributed by atoms with van der Waals surface area (Å²) in [7, 11) is 0. The maximum absolute atomic E-state index is 12.8. The molecule has 2 N–H and O–H groups in total. The fourth-order valence-electron chi connectivity index (χ4n) is 2.88. The van der Waals surface area contributed by atoms with Crippen molar-refractivity contribution in [3.8, 4) is 0 Å². The number of nitrogens with one attached hydrogen (secondary N) is 2. The third-order valence-corrected chi connectivity index (χ3v) is 4.61. The molecule has 1 amide bonds. The van der Waals surface area contributed by atoms with E-state index in [-0.39, 0.29) is 12.5 Å². The zero-order chi connectivity index (χ0) is 20.3. The molecule has 148 valence electrons. The van der Waals surface area contributed by atoms with Gasteiger partial charge in [0.15, 0.2) is 5.65 Å². The van der Waals surface area contributed by atoms with Gasteiger partial charge in [-0.1, -0.05) is 19.4 Å². The van der Waals surface area contributed by atoms with E-state index in [2.05, 4.69) is 27.6 Å². The topological polar surface area (TPSA) is 93.3 Å². The van der Waals surface area contributed by atoms with Gasteiger partial charge in [-0.05, 0) is 50.5 Å². The molecule has 3 rings (SSSR count). The fourth-order valence-corrected chi connectivity index (χ4v) is 2.88. The van der Waals surface area contributed by atoms with Gasteiger partial charge in [0, 0.05) is 24.0 Å². The maximum atomic E-state index is 12.8. The van der Waals surface area contributed by atoms with E-state index in [0.717, 1.165) is 29.8 Å². The van der Waals surface area contributed by atoms with Gasteiger partial charge in [-0.15, -0.1) is 5.10 Å². The van der Waals surface area contributed by atoms with Gasteiger partial charge in [-0.2, -0.15) is 0 Å². The molecule has 8 nitrogen and oxygen atoms in total.